The quantitative estimate of drug-likeness (QED) is 0.798. The number of fused-ring (bicyclic) bond motifs is 1. The van der Waals surface area contributed by atoms with Gasteiger partial charge in [-0.2, -0.15) is 22.5 Å². The van der Waals surface area contributed by atoms with Crippen molar-refractivity contribution in [2.45, 2.75) is 19.5 Å². The van der Waals surface area contributed by atoms with E-state index in [0.29, 0.717) is 6.42 Å². The van der Waals surface area contributed by atoms with Crippen LogP contribution in [-0.4, -0.2) is 15.0 Å². The van der Waals surface area contributed by atoms with Crippen LogP contribution in [0.15, 0.2) is 10.9 Å². The zero-order valence-corrected chi connectivity index (χ0v) is 9.10. The molecular formula is C10H7F4N3O. The number of nitrogens with one attached hydrogen (secondary N) is 1. The third kappa shape index (κ3) is 2.05. The SMILES string of the molecule is CCc1cc2nc(F)c(C(F)(F)F)[nH]c-2nc1=O. The van der Waals surface area contributed by atoms with Crippen LogP contribution in [0.1, 0.15) is 18.2 Å². The van der Waals surface area contributed by atoms with Gasteiger partial charge in [0.05, 0.1) is 0 Å². The van der Waals surface area contributed by atoms with Crippen molar-refractivity contribution in [1.29, 1.82) is 0 Å². The summed E-state index contributed by atoms with van der Waals surface area (Å²) < 4.78 is 50.4. The molecule has 0 atom stereocenters. The van der Waals surface area contributed by atoms with E-state index in [0.717, 1.165) is 0 Å². The van der Waals surface area contributed by atoms with E-state index < -0.39 is 23.4 Å². The summed E-state index contributed by atoms with van der Waals surface area (Å²) in [5, 5.41) is 0. The topological polar surface area (TPSA) is 58.6 Å². The molecular weight excluding hydrogens is 254 g/mol. The lowest BCUT2D eigenvalue weighted by molar-refractivity contribution is -0.144. The summed E-state index contributed by atoms with van der Waals surface area (Å²) in [6.07, 6.45) is -4.58. The molecule has 0 bridgehead atoms. The van der Waals surface area contributed by atoms with Crippen LogP contribution in [0.4, 0.5) is 17.6 Å². The third-order valence-corrected chi connectivity index (χ3v) is 2.37. The van der Waals surface area contributed by atoms with Gasteiger partial charge in [0.2, 0.25) is 5.95 Å². The van der Waals surface area contributed by atoms with Gasteiger partial charge in [0.25, 0.3) is 5.56 Å². The Kier molecular flexibility index (Phi) is 2.80. The summed E-state index contributed by atoms with van der Waals surface area (Å²) in [6, 6.07) is 1.23. The minimum atomic E-state index is -4.92. The zero-order chi connectivity index (χ0) is 13.5. The molecule has 0 unspecified atom stereocenters. The largest absolute Gasteiger partial charge is 0.435 e. The number of aromatic nitrogens is 3. The highest BCUT2D eigenvalue weighted by atomic mass is 19.4. The molecule has 0 saturated heterocycles. The van der Waals surface area contributed by atoms with Crippen molar-refractivity contribution >= 4 is 0 Å². The molecule has 0 aromatic heterocycles. The van der Waals surface area contributed by atoms with E-state index in [2.05, 4.69) is 9.97 Å². The maximum Gasteiger partial charge on any atom is 0.435 e. The van der Waals surface area contributed by atoms with Gasteiger partial charge in [-0.3, -0.25) is 4.79 Å². The number of aryl methyl sites for hydroxylation is 1. The molecule has 2 rings (SSSR count). The van der Waals surface area contributed by atoms with Gasteiger partial charge in [-0.05, 0) is 12.5 Å². The average molecular weight is 261 g/mol. The number of nitrogens with zero attached hydrogens (tertiary/aromatic N) is 2. The van der Waals surface area contributed by atoms with Gasteiger partial charge < -0.3 is 4.98 Å². The molecule has 0 aromatic rings. The highest BCUT2D eigenvalue weighted by molar-refractivity contribution is 5.51. The van der Waals surface area contributed by atoms with Crippen molar-refractivity contribution < 1.29 is 17.6 Å². The van der Waals surface area contributed by atoms with Crippen molar-refractivity contribution in [3.63, 3.8) is 0 Å². The number of alkyl halides is 3. The highest BCUT2D eigenvalue weighted by Gasteiger charge is 2.37. The van der Waals surface area contributed by atoms with Crippen molar-refractivity contribution in [3.8, 4) is 11.5 Å². The van der Waals surface area contributed by atoms with Crippen LogP contribution in [-0.2, 0) is 12.6 Å². The monoisotopic (exact) mass is 261 g/mol. The van der Waals surface area contributed by atoms with Gasteiger partial charge in [0.15, 0.2) is 11.5 Å². The molecule has 0 aromatic carbocycles. The number of pyridine rings is 1. The second kappa shape index (κ2) is 4.04. The summed E-state index contributed by atoms with van der Waals surface area (Å²) in [7, 11) is 0. The number of halogens is 4. The number of aromatic amines is 1. The molecule has 8 heteroatoms. The maximum absolute atomic E-state index is 13.2. The minimum Gasteiger partial charge on any atom is -0.330 e. The van der Waals surface area contributed by atoms with Gasteiger partial charge in [-0.25, -0.2) is 4.98 Å². The van der Waals surface area contributed by atoms with Crippen LogP contribution in [0.5, 0.6) is 0 Å². The Bertz CT molecular complexity index is 620. The lowest BCUT2D eigenvalue weighted by Crippen LogP contribution is -2.19. The molecule has 18 heavy (non-hydrogen) atoms. The first-order valence-electron chi connectivity index (χ1n) is 4.99. The second-order valence-corrected chi connectivity index (χ2v) is 3.57. The number of H-pyrrole nitrogens is 1. The summed E-state index contributed by atoms with van der Waals surface area (Å²) in [4.78, 5) is 19.7. The van der Waals surface area contributed by atoms with E-state index in [1.54, 1.807) is 11.9 Å². The lowest BCUT2D eigenvalue weighted by atomic mass is 10.2. The maximum atomic E-state index is 13.2. The highest BCUT2D eigenvalue weighted by Crippen LogP contribution is 2.30. The smallest absolute Gasteiger partial charge is 0.330 e. The Morgan fingerprint density at radius 1 is 1.33 bits per heavy atom. The van der Waals surface area contributed by atoms with E-state index in [9.17, 15) is 22.4 Å². The summed E-state index contributed by atoms with van der Waals surface area (Å²) in [6.45, 7) is 1.68. The van der Waals surface area contributed by atoms with Crippen molar-refractivity contribution in [2.24, 2.45) is 0 Å². The van der Waals surface area contributed by atoms with Gasteiger partial charge in [-0.1, -0.05) is 6.92 Å². The Morgan fingerprint density at radius 2 is 2.00 bits per heavy atom. The van der Waals surface area contributed by atoms with Crippen LogP contribution >= 0.6 is 0 Å². The standard InChI is InChI=1S/C10H7F4N3O/c1-2-4-3-5-8(17-9(4)18)16-6(7(11)15-5)10(12,13)14/h3H,2H2,1H3,(H,16,17,18). The minimum absolute atomic E-state index is 0.114. The van der Waals surface area contributed by atoms with Crippen LogP contribution < -0.4 is 5.56 Å². The van der Waals surface area contributed by atoms with Crippen molar-refractivity contribution in [2.75, 3.05) is 0 Å². The lowest BCUT2D eigenvalue weighted by Gasteiger charge is -2.11. The van der Waals surface area contributed by atoms with Crippen molar-refractivity contribution in [1.82, 2.24) is 15.0 Å². The van der Waals surface area contributed by atoms with Gasteiger partial charge >= 0.3 is 6.18 Å². The molecule has 2 aliphatic heterocycles. The van der Waals surface area contributed by atoms with Gasteiger partial charge in [0.1, 0.15) is 5.69 Å². The first-order chi connectivity index (χ1) is 8.32. The van der Waals surface area contributed by atoms with Crippen LogP contribution in [0.3, 0.4) is 0 Å². The molecule has 0 radical (unpaired) electrons. The average Bonchev–Trinajstić information content (AvgIpc) is 2.26. The van der Waals surface area contributed by atoms with Crippen molar-refractivity contribution in [3.05, 3.63) is 33.6 Å². The zero-order valence-electron chi connectivity index (χ0n) is 9.10. The summed E-state index contributed by atoms with van der Waals surface area (Å²) >= 11 is 0. The molecule has 0 saturated carbocycles. The van der Waals surface area contributed by atoms with Crippen LogP contribution in [0.25, 0.3) is 11.5 Å². The Morgan fingerprint density at radius 3 is 2.56 bits per heavy atom. The third-order valence-electron chi connectivity index (χ3n) is 2.37. The molecule has 0 spiro atoms. The predicted molar refractivity (Wildman–Crippen MR) is 53.6 cm³/mol. The van der Waals surface area contributed by atoms with E-state index in [1.807, 2.05) is 0 Å². The molecule has 2 aliphatic rings. The fourth-order valence-electron chi connectivity index (χ4n) is 1.48. The fraction of sp³-hybridized carbons (Fsp3) is 0.300. The fourth-order valence-corrected chi connectivity index (χ4v) is 1.48. The first-order valence-corrected chi connectivity index (χ1v) is 4.99. The number of hydrogen-bond acceptors (Lipinski definition) is 3. The van der Waals surface area contributed by atoms with E-state index >= 15 is 0 Å². The molecule has 4 nitrogen and oxygen atoms in total. The number of rotatable bonds is 1. The molecule has 0 aliphatic carbocycles. The van der Waals surface area contributed by atoms with Gasteiger partial charge in [0, 0.05) is 5.56 Å². The normalized spacial score (nSPS) is 12.1. The Balaban J connectivity index is 2.74. The first kappa shape index (κ1) is 12.5. The van der Waals surface area contributed by atoms with Crippen LogP contribution in [0, 0.1) is 5.95 Å². The number of hydrogen-bond donors (Lipinski definition) is 1. The molecule has 0 amide bonds. The van der Waals surface area contributed by atoms with E-state index in [-0.39, 0.29) is 17.1 Å². The summed E-state index contributed by atoms with van der Waals surface area (Å²) in [5.74, 6) is -2.05. The Labute approximate surface area is 98.0 Å². The summed E-state index contributed by atoms with van der Waals surface area (Å²) in [5.41, 5.74) is -2.14. The predicted octanol–water partition coefficient (Wildman–Crippen LogP) is 1.99. The molecule has 1 N–H and O–H groups in total. The van der Waals surface area contributed by atoms with E-state index in [1.165, 1.54) is 6.07 Å². The van der Waals surface area contributed by atoms with E-state index in [4.69, 9.17) is 0 Å². The molecule has 0 fully saturated rings. The molecule has 96 valence electrons. The molecule has 2 heterocycles. The second-order valence-electron chi connectivity index (χ2n) is 3.57. The Hall–Kier alpha value is -1.99. The van der Waals surface area contributed by atoms with Crippen LogP contribution in [0.2, 0.25) is 0 Å². The van der Waals surface area contributed by atoms with Gasteiger partial charge in [-0.15, -0.1) is 0 Å².